The number of carbonyl (C=O) groups excluding carboxylic acids is 2. The van der Waals surface area contributed by atoms with Crippen LogP contribution < -0.4 is 10.2 Å². The fourth-order valence-corrected chi connectivity index (χ4v) is 5.50. The third kappa shape index (κ3) is 8.19. The van der Waals surface area contributed by atoms with Crippen molar-refractivity contribution in [1.82, 2.24) is 14.9 Å². The summed E-state index contributed by atoms with van der Waals surface area (Å²) in [4.78, 5) is 40.8. The van der Waals surface area contributed by atoms with Crippen molar-refractivity contribution in [2.75, 3.05) is 30.1 Å². The molecule has 0 saturated carbocycles. The lowest BCUT2D eigenvalue weighted by Gasteiger charge is -2.32. The number of rotatable bonds is 11. The first kappa shape index (κ1) is 30.8. The minimum Gasteiger partial charge on any atom is -0.378 e. The fraction of sp³-hybridized carbons (Fsp3) is 0.294. The molecule has 0 radical (unpaired) electrons. The topological polar surface area (TPSA) is 78.4 Å². The molecule has 218 valence electrons. The van der Waals surface area contributed by atoms with Gasteiger partial charge in [0.1, 0.15) is 6.04 Å². The summed E-state index contributed by atoms with van der Waals surface area (Å²) in [5, 5.41) is 3.62. The van der Waals surface area contributed by atoms with E-state index < -0.39 is 6.04 Å². The fourth-order valence-electron chi connectivity index (χ4n) is 4.66. The Labute approximate surface area is 253 Å². The first-order chi connectivity index (χ1) is 20.1. The molecule has 8 heteroatoms. The van der Waals surface area contributed by atoms with E-state index in [2.05, 4.69) is 29.1 Å². The molecule has 2 amide bonds. The lowest BCUT2D eigenvalue weighted by atomic mass is 9.97. The lowest BCUT2D eigenvalue weighted by molar-refractivity contribution is -0.137. The van der Waals surface area contributed by atoms with Gasteiger partial charge in [-0.05, 0) is 66.8 Å². The highest BCUT2D eigenvalue weighted by molar-refractivity contribution is 7.99. The van der Waals surface area contributed by atoms with Gasteiger partial charge >= 0.3 is 0 Å². The summed E-state index contributed by atoms with van der Waals surface area (Å²) < 4.78 is 0. The van der Waals surface area contributed by atoms with Crippen LogP contribution in [0, 0.1) is 13.8 Å². The van der Waals surface area contributed by atoms with Crippen molar-refractivity contribution in [2.24, 2.45) is 0 Å². The summed E-state index contributed by atoms with van der Waals surface area (Å²) in [5.74, 6) is -0.0107. The minimum absolute atomic E-state index is 0.0983. The van der Waals surface area contributed by atoms with E-state index in [1.807, 2.05) is 118 Å². The molecule has 1 heterocycles. The standard InChI is InChI=1S/C34H39N5O2S/c1-23(2)27-12-14-28(15-13-27)32(33(41)37-29-16-18-30(19-17-29)38(5)6)39(21-26-10-8-7-9-11-26)31(40)22-42-34-35-24(3)20-25(4)36-34/h7-20,23,32H,21-22H2,1-6H3,(H,37,41). The van der Waals surface area contributed by atoms with Crippen LogP contribution in [0.15, 0.2) is 90.1 Å². The van der Waals surface area contributed by atoms with Gasteiger partial charge in [-0.2, -0.15) is 0 Å². The van der Waals surface area contributed by atoms with Crippen LogP contribution >= 0.6 is 11.8 Å². The van der Waals surface area contributed by atoms with Gasteiger partial charge in [-0.3, -0.25) is 9.59 Å². The van der Waals surface area contributed by atoms with Crippen molar-refractivity contribution in [1.29, 1.82) is 0 Å². The number of benzene rings is 3. The minimum atomic E-state index is -0.854. The maximum atomic E-state index is 14.1. The van der Waals surface area contributed by atoms with Crippen molar-refractivity contribution >= 4 is 35.0 Å². The number of nitrogens with zero attached hydrogens (tertiary/aromatic N) is 4. The third-order valence-corrected chi connectivity index (χ3v) is 7.76. The van der Waals surface area contributed by atoms with E-state index in [1.54, 1.807) is 4.90 Å². The van der Waals surface area contributed by atoms with Crippen LogP contribution in [0.25, 0.3) is 0 Å². The average molecular weight is 582 g/mol. The summed E-state index contributed by atoms with van der Waals surface area (Å²) in [5.41, 5.74) is 6.24. The Kier molecular flexibility index (Phi) is 10.4. The number of carbonyl (C=O) groups is 2. The Hall–Kier alpha value is -4.17. The highest BCUT2D eigenvalue weighted by Gasteiger charge is 2.32. The Morgan fingerprint density at radius 2 is 1.43 bits per heavy atom. The molecule has 0 bridgehead atoms. The van der Waals surface area contributed by atoms with Gasteiger partial charge in [0, 0.05) is 43.4 Å². The second-order valence-electron chi connectivity index (χ2n) is 10.9. The highest BCUT2D eigenvalue weighted by Crippen LogP contribution is 2.29. The van der Waals surface area contributed by atoms with Crippen LogP contribution in [0.2, 0.25) is 0 Å². The molecule has 3 aromatic carbocycles. The van der Waals surface area contributed by atoms with Crippen molar-refractivity contribution in [2.45, 2.75) is 51.4 Å². The van der Waals surface area contributed by atoms with Gasteiger partial charge in [-0.25, -0.2) is 9.97 Å². The van der Waals surface area contributed by atoms with E-state index in [0.29, 0.717) is 16.8 Å². The summed E-state index contributed by atoms with van der Waals surface area (Å²) in [6.07, 6.45) is 0. The van der Waals surface area contributed by atoms with Gasteiger partial charge in [0.05, 0.1) is 5.75 Å². The molecule has 1 atom stereocenters. The zero-order chi connectivity index (χ0) is 30.2. The van der Waals surface area contributed by atoms with Gasteiger partial charge in [-0.1, -0.05) is 80.2 Å². The molecular weight excluding hydrogens is 542 g/mol. The van der Waals surface area contributed by atoms with Crippen molar-refractivity contribution in [3.8, 4) is 0 Å². The maximum absolute atomic E-state index is 14.1. The van der Waals surface area contributed by atoms with E-state index in [1.165, 1.54) is 17.3 Å². The van der Waals surface area contributed by atoms with Crippen LogP contribution in [0.1, 0.15) is 53.9 Å². The second kappa shape index (κ2) is 14.1. The molecule has 0 spiro atoms. The van der Waals surface area contributed by atoms with E-state index in [4.69, 9.17) is 0 Å². The number of amides is 2. The van der Waals surface area contributed by atoms with Gasteiger partial charge in [-0.15, -0.1) is 0 Å². The largest absolute Gasteiger partial charge is 0.378 e. The van der Waals surface area contributed by atoms with E-state index in [-0.39, 0.29) is 24.1 Å². The summed E-state index contributed by atoms with van der Waals surface area (Å²) in [6, 6.07) is 26.5. The molecule has 7 nitrogen and oxygen atoms in total. The zero-order valence-electron chi connectivity index (χ0n) is 25.2. The molecule has 0 fully saturated rings. The Morgan fingerprint density at radius 1 is 0.833 bits per heavy atom. The van der Waals surface area contributed by atoms with Crippen molar-refractivity contribution in [3.63, 3.8) is 0 Å². The molecular formula is C34H39N5O2S. The molecule has 0 aliphatic carbocycles. The molecule has 0 aliphatic rings. The van der Waals surface area contributed by atoms with Crippen molar-refractivity contribution in [3.05, 3.63) is 113 Å². The van der Waals surface area contributed by atoms with Gasteiger partial charge < -0.3 is 15.1 Å². The van der Waals surface area contributed by atoms with Crippen molar-refractivity contribution < 1.29 is 9.59 Å². The summed E-state index contributed by atoms with van der Waals surface area (Å²) >= 11 is 1.28. The van der Waals surface area contributed by atoms with Crippen LogP contribution in [0.3, 0.4) is 0 Å². The SMILES string of the molecule is Cc1cc(C)nc(SCC(=O)N(Cc2ccccc2)C(C(=O)Nc2ccc(N(C)C)cc2)c2ccc(C(C)C)cc2)n1. The quantitative estimate of drug-likeness (QED) is 0.155. The van der Waals surface area contributed by atoms with Gasteiger partial charge in [0.2, 0.25) is 5.91 Å². The van der Waals surface area contributed by atoms with Crippen LogP contribution in [0.5, 0.6) is 0 Å². The smallest absolute Gasteiger partial charge is 0.251 e. The molecule has 1 aromatic heterocycles. The number of hydrogen-bond donors (Lipinski definition) is 1. The molecule has 0 aliphatic heterocycles. The third-order valence-electron chi connectivity index (χ3n) is 6.93. The molecule has 1 N–H and O–H groups in total. The average Bonchev–Trinajstić information content (AvgIpc) is 2.96. The normalized spacial score (nSPS) is 11.7. The van der Waals surface area contributed by atoms with Gasteiger partial charge in [0.15, 0.2) is 5.16 Å². The van der Waals surface area contributed by atoms with Crippen LogP contribution in [0.4, 0.5) is 11.4 Å². The number of nitrogens with one attached hydrogen (secondary N) is 1. The summed E-state index contributed by atoms with van der Waals surface area (Å²) in [6.45, 7) is 8.36. The first-order valence-corrected chi connectivity index (χ1v) is 15.1. The second-order valence-corrected chi connectivity index (χ2v) is 11.8. The highest BCUT2D eigenvalue weighted by atomic mass is 32.2. The molecule has 0 saturated heterocycles. The summed E-state index contributed by atoms with van der Waals surface area (Å²) in [7, 11) is 3.94. The molecule has 1 unspecified atom stereocenters. The predicted molar refractivity (Wildman–Crippen MR) is 172 cm³/mol. The number of hydrogen-bond acceptors (Lipinski definition) is 6. The Balaban J connectivity index is 1.70. The predicted octanol–water partition coefficient (Wildman–Crippen LogP) is 6.78. The molecule has 42 heavy (non-hydrogen) atoms. The van der Waals surface area contributed by atoms with Crippen LogP contribution in [-0.2, 0) is 16.1 Å². The van der Waals surface area contributed by atoms with Gasteiger partial charge in [0.25, 0.3) is 5.91 Å². The van der Waals surface area contributed by atoms with E-state index in [9.17, 15) is 9.59 Å². The number of aromatic nitrogens is 2. The van der Waals surface area contributed by atoms with E-state index in [0.717, 1.165) is 28.2 Å². The maximum Gasteiger partial charge on any atom is 0.251 e. The zero-order valence-corrected chi connectivity index (χ0v) is 26.0. The lowest BCUT2D eigenvalue weighted by Crippen LogP contribution is -2.41. The molecule has 4 aromatic rings. The van der Waals surface area contributed by atoms with Crippen LogP contribution in [-0.4, -0.2) is 46.5 Å². The Morgan fingerprint density at radius 3 is 2.00 bits per heavy atom. The van der Waals surface area contributed by atoms with E-state index >= 15 is 0 Å². The molecule has 4 rings (SSSR count). The first-order valence-electron chi connectivity index (χ1n) is 14.1. The monoisotopic (exact) mass is 581 g/mol. The number of anilines is 2. The number of thioether (sulfide) groups is 1. The number of aryl methyl sites for hydroxylation is 2. The Bertz CT molecular complexity index is 1470.